The fraction of sp³-hybridized carbons (Fsp3) is 0.520. The van der Waals surface area contributed by atoms with E-state index < -0.39 is 0 Å². The van der Waals surface area contributed by atoms with Gasteiger partial charge in [0.15, 0.2) is 0 Å². The maximum Gasteiger partial charge on any atom is 0.257 e. The number of carbonyl (C=O) groups excluding carboxylic acids is 2. The third kappa shape index (κ3) is 3.44. The number of piperidine rings is 1. The number of hydrogen-bond acceptors (Lipinski definition) is 5. The fourth-order valence-corrected chi connectivity index (χ4v) is 5.80. The quantitative estimate of drug-likeness (QED) is 0.740. The van der Waals surface area contributed by atoms with Gasteiger partial charge < -0.3 is 19.1 Å². The van der Waals surface area contributed by atoms with Crippen LogP contribution in [0.4, 0.5) is 0 Å². The molecule has 0 radical (unpaired) electrons. The van der Waals surface area contributed by atoms with Gasteiger partial charge in [0.05, 0.1) is 5.56 Å². The fourth-order valence-electron chi connectivity index (χ4n) is 5.80. The Bertz CT molecular complexity index is 1010. The monoisotopic (exact) mass is 436 g/mol. The third-order valence-corrected chi connectivity index (χ3v) is 7.48. The zero-order valence-corrected chi connectivity index (χ0v) is 19.2. The molecule has 0 bridgehead atoms. The highest BCUT2D eigenvalue weighted by atomic mass is 16.3. The van der Waals surface area contributed by atoms with Gasteiger partial charge in [-0.2, -0.15) is 0 Å². The molecule has 170 valence electrons. The second kappa shape index (κ2) is 8.05. The number of aryl methyl sites for hydroxylation is 2. The lowest BCUT2D eigenvalue weighted by Crippen LogP contribution is -2.63. The second-order valence-electron chi connectivity index (χ2n) is 9.48. The van der Waals surface area contributed by atoms with E-state index in [1.165, 1.54) is 0 Å². The maximum absolute atomic E-state index is 13.6. The molecule has 3 aliphatic rings. The average molecular weight is 437 g/mol. The number of rotatable bonds is 3. The van der Waals surface area contributed by atoms with Crippen LogP contribution in [0, 0.1) is 13.8 Å². The molecule has 1 aromatic carbocycles. The molecule has 3 aliphatic heterocycles. The van der Waals surface area contributed by atoms with Crippen molar-refractivity contribution in [1.82, 2.24) is 19.6 Å². The van der Waals surface area contributed by atoms with Gasteiger partial charge in [-0.25, -0.2) is 0 Å². The van der Waals surface area contributed by atoms with Crippen LogP contribution in [0.15, 0.2) is 40.8 Å². The second-order valence-corrected chi connectivity index (χ2v) is 9.48. The Hall–Kier alpha value is -2.64. The molecule has 1 aromatic heterocycles. The predicted molar refractivity (Wildman–Crippen MR) is 121 cm³/mol. The zero-order valence-electron chi connectivity index (χ0n) is 19.2. The molecule has 0 saturated carbocycles. The van der Waals surface area contributed by atoms with Gasteiger partial charge in [0.25, 0.3) is 5.91 Å². The van der Waals surface area contributed by atoms with E-state index in [-0.39, 0.29) is 23.5 Å². The highest BCUT2D eigenvalue weighted by molar-refractivity contribution is 5.95. The molecule has 4 heterocycles. The summed E-state index contributed by atoms with van der Waals surface area (Å²) in [5, 5.41) is 0. The molecule has 2 aromatic rings. The van der Waals surface area contributed by atoms with Gasteiger partial charge in [-0.3, -0.25) is 14.5 Å². The summed E-state index contributed by atoms with van der Waals surface area (Å²) in [5.74, 6) is 1.69. The lowest BCUT2D eigenvalue weighted by Gasteiger charge is -2.50. The summed E-state index contributed by atoms with van der Waals surface area (Å²) in [4.78, 5) is 35.5. The van der Waals surface area contributed by atoms with E-state index in [9.17, 15) is 9.59 Å². The van der Waals surface area contributed by atoms with Gasteiger partial charge in [-0.15, -0.1) is 0 Å². The van der Waals surface area contributed by atoms with Crippen LogP contribution in [0.3, 0.4) is 0 Å². The molecule has 32 heavy (non-hydrogen) atoms. The van der Waals surface area contributed by atoms with Crippen molar-refractivity contribution in [3.05, 3.63) is 59.0 Å². The Morgan fingerprint density at radius 3 is 2.47 bits per heavy atom. The summed E-state index contributed by atoms with van der Waals surface area (Å²) in [6.07, 6.45) is 1.54. The van der Waals surface area contributed by atoms with E-state index in [0.717, 1.165) is 43.8 Å². The highest BCUT2D eigenvalue weighted by Crippen LogP contribution is 2.42. The Labute approximate surface area is 189 Å². The number of benzene rings is 1. The molecule has 7 heteroatoms. The van der Waals surface area contributed by atoms with Crippen LogP contribution in [0.25, 0.3) is 0 Å². The summed E-state index contributed by atoms with van der Waals surface area (Å²) in [6, 6.07) is 12.0. The Morgan fingerprint density at radius 2 is 1.81 bits per heavy atom. The minimum atomic E-state index is -0.322. The molecule has 1 atom stereocenters. The van der Waals surface area contributed by atoms with Gasteiger partial charge in [-0.05, 0) is 32.5 Å². The maximum atomic E-state index is 13.6. The lowest BCUT2D eigenvalue weighted by molar-refractivity contribution is -0.134. The standard InChI is InChI=1S/C25H32N4O3/c1-18-15-21(19(2)32-18)23(30)27-11-9-25(10-12-27)28-14-13-26(3)17-22(28)24(31)29(25)16-20-7-5-4-6-8-20/h4-8,15,22H,9-14,16-17H2,1-3H3/t22-/m1/s1. The zero-order chi connectivity index (χ0) is 22.5. The van der Waals surface area contributed by atoms with E-state index in [1.807, 2.05) is 43.0 Å². The van der Waals surface area contributed by atoms with Gasteiger partial charge in [-0.1, -0.05) is 30.3 Å². The first kappa shape index (κ1) is 21.2. The Morgan fingerprint density at radius 1 is 1.09 bits per heavy atom. The average Bonchev–Trinajstić information content (AvgIpc) is 3.24. The number of fused-ring (bicyclic) bond motifs is 2. The molecule has 0 aliphatic carbocycles. The van der Waals surface area contributed by atoms with Crippen LogP contribution in [0.1, 0.15) is 40.3 Å². The number of nitrogens with zero attached hydrogens (tertiary/aromatic N) is 4. The normalized spacial score (nSPS) is 23.7. The van der Waals surface area contributed by atoms with Crippen LogP contribution in [-0.2, 0) is 11.3 Å². The minimum absolute atomic E-state index is 0.0306. The third-order valence-electron chi connectivity index (χ3n) is 7.48. The highest BCUT2D eigenvalue weighted by Gasteiger charge is 2.58. The molecular formula is C25H32N4O3. The SMILES string of the molecule is Cc1cc(C(=O)N2CCC3(CC2)N(Cc2ccccc2)C(=O)[C@H]2CN(C)CCN23)c(C)o1. The van der Waals surface area contributed by atoms with Crippen molar-refractivity contribution in [2.75, 3.05) is 39.8 Å². The number of hydrogen-bond donors (Lipinski definition) is 0. The Balaban J connectivity index is 1.41. The molecule has 2 amide bonds. The van der Waals surface area contributed by atoms with Crippen LogP contribution >= 0.6 is 0 Å². The van der Waals surface area contributed by atoms with Crippen molar-refractivity contribution in [3.63, 3.8) is 0 Å². The largest absolute Gasteiger partial charge is 0.466 e. The van der Waals surface area contributed by atoms with Crippen molar-refractivity contribution in [2.24, 2.45) is 0 Å². The van der Waals surface area contributed by atoms with Crippen molar-refractivity contribution in [1.29, 1.82) is 0 Å². The molecule has 1 spiro atoms. The molecule has 7 nitrogen and oxygen atoms in total. The molecule has 0 unspecified atom stereocenters. The molecule has 0 N–H and O–H groups in total. The number of likely N-dealkylation sites (N-methyl/N-ethyl adjacent to an activating group) is 1. The van der Waals surface area contributed by atoms with Crippen molar-refractivity contribution >= 4 is 11.8 Å². The van der Waals surface area contributed by atoms with Crippen molar-refractivity contribution in [3.8, 4) is 0 Å². The summed E-state index contributed by atoms with van der Waals surface area (Å²) in [5.41, 5.74) is 1.48. The number of piperazine rings is 1. The first-order valence-electron chi connectivity index (χ1n) is 11.6. The van der Waals surface area contributed by atoms with Gasteiger partial charge in [0, 0.05) is 52.1 Å². The Kier molecular flexibility index (Phi) is 5.34. The topological polar surface area (TPSA) is 60.2 Å². The van der Waals surface area contributed by atoms with Crippen LogP contribution in [0.5, 0.6) is 0 Å². The summed E-state index contributed by atoms with van der Waals surface area (Å²) >= 11 is 0. The summed E-state index contributed by atoms with van der Waals surface area (Å²) in [7, 11) is 2.09. The first-order valence-corrected chi connectivity index (χ1v) is 11.6. The van der Waals surface area contributed by atoms with Crippen LogP contribution < -0.4 is 0 Å². The predicted octanol–water partition coefficient (Wildman–Crippen LogP) is 2.49. The molecule has 3 fully saturated rings. The smallest absolute Gasteiger partial charge is 0.257 e. The van der Waals surface area contributed by atoms with Crippen LogP contribution in [0.2, 0.25) is 0 Å². The van der Waals surface area contributed by atoms with E-state index in [4.69, 9.17) is 4.42 Å². The number of likely N-dealkylation sites (tertiary alicyclic amines) is 1. The van der Waals surface area contributed by atoms with Gasteiger partial charge in [0.1, 0.15) is 23.2 Å². The number of furan rings is 1. The van der Waals surface area contributed by atoms with E-state index in [0.29, 0.717) is 31.0 Å². The first-order chi connectivity index (χ1) is 15.4. The van der Waals surface area contributed by atoms with Crippen LogP contribution in [-0.4, -0.2) is 82.9 Å². The summed E-state index contributed by atoms with van der Waals surface area (Å²) < 4.78 is 5.58. The molecule has 5 rings (SSSR count). The molecule has 3 saturated heterocycles. The van der Waals surface area contributed by atoms with Crippen molar-refractivity contribution < 1.29 is 14.0 Å². The van der Waals surface area contributed by atoms with Gasteiger partial charge >= 0.3 is 0 Å². The molecular weight excluding hydrogens is 404 g/mol. The number of carbonyl (C=O) groups is 2. The van der Waals surface area contributed by atoms with E-state index in [1.54, 1.807) is 0 Å². The van der Waals surface area contributed by atoms with E-state index >= 15 is 0 Å². The minimum Gasteiger partial charge on any atom is -0.466 e. The summed E-state index contributed by atoms with van der Waals surface area (Å²) in [6.45, 7) is 8.21. The van der Waals surface area contributed by atoms with Gasteiger partial charge in [0.2, 0.25) is 5.91 Å². The number of amides is 2. The van der Waals surface area contributed by atoms with Crippen molar-refractivity contribution in [2.45, 2.75) is 44.9 Å². The van der Waals surface area contributed by atoms with E-state index in [2.05, 4.69) is 33.9 Å². The lowest BCUT2D eigenvalue weighted by atomic mass is 9.92.